The molecule has 348 valence electrons. The minimum absolute atomic E-state index is 0.0863. The molecule has 0 atom stereocenters. The monoisotopic (exact) mass is 920 g/mol. The predicted octanol–water partition coefficient (Wildman–Crippen LogP) is 11.1. The van der Waals surface area contributed by atoms with Gasteiger partial charge >= 0.3 is 0 Å². The number of nitrogens with two attached hydrogens (primary N) is 1. The number of nitrogens with one attached hydrogen (secondary N) is 3. The van der Waals surface area contributed by atoms with Gasteiger partial charge in [0.25, 0.3) is 0 Å². The van der Waals surface area contributed by atoms with E-state index in [1.165, 1.54) is 71.9 Å². The van der Waals surface area contributed by atoms with Crippen molar-refractivity contribution in [2.24, 2.45) is 5.73 Å². The summed E-state index contributed by atoms with van der Waals surface area (Å²) in [6.45, 7) is 7.69. The zero-order valence-corrected chi connectivity index (χ0v) is 40.6. The van der Waals surface area contributed by atoms with Gasteiger partial charge in [0.1, 0.15) is 0 Å². The zero-order valence-electron chi connectivity index (χ0n) is 39.0. The van der Waals surface area contributed by atoms with Gasteiger partial charge in [-0.2, -0.15) is 0 Å². The van der Waals surface area contributed by atoms with Crippen LogP contribution in [0.3, 0.4) is 0 Å². The Balaban J connectivity index is 1.08. The lowest BCUT2D eigenvalue weighted by Gasteiger charge is -2.36. The lowest BCUT2D eigenvalue weighted by molar-refractivity contribution is -0.122. The summed E-state index contributed by atoms with van der Waals surface area (Å²) in [5.41, 5.74) is 13.1. The Morgan fingerprint density at radius 3 is 1.14 bits per heavy atom. The van der Waals surface area contributed by atoms with Gasteiger partial charge in [0, 0.05) is 24.6 Å². The van der Waals surface area contributed by atoms with E-state index in [1.54, 1.807) is 0 Å². The van der Waals surface area contributed by atoms with E-state index in [-0.39, 0.29) is 5.91 Å². The molecule has 66 heavy (non-hydrogen) atoms. The average Bonchev–Trinajstić information content (AvgIpc) is 3.38. The summed E-state index contributed by atoms with van der Waals surface area (Å²) in [4.78, 5) is 16.4. The van der Waals surface area contributed by atoms with E-state index in [9.17, 15) is 4.79 Å². The van der Waals surface area contributed by atoms with Crippen LogP contribution < -0.4 is 21.7 Å². The van der Waals surface area contributed by atoms with Crippen LogP contribution in [0.2, 0.25) is 0 Å². The first-order chi connectivity index (χ1) is 32.7. The molecule has 0 aromatic heterocycles. The zero-order chi connectivity index (χ0) is 45.8. The molecule has 6 aromatic carbocycles. The molecule has 0 aliphatic heterocycles. The second-order valence-corrected chi connectivity index (χ2v) is 19.6. The largest absolute Gasteiger partial charge is 0.354 e. The second-order valence-electron chi connectivity index (χ2n) is 17.0. The molecular formula is C58H73N5OS2. The quantitative estimate of drug-likeness (QED) is 0.0248. The standard InChI is InChI=1S/C58H73N5OS2/c59-39-26-43-61-42-24-23-41-60-40-22-2-1-3-25-45-63(46-48-66-58(53-33-16-7-17-34-53,54-35-18-8-19-36-54)55-37-20-9-21-38-55)49-56(64)62-44-47-65-57(50-27-10-4-11-28-50,51-29-12-5-13-30-51)52-31-14-6-15-32-52/h4-21,27-38,60-61H,1-3,22-26,39-49,59H2,(H,62,64). The fraction of sp³-hybridized carbons (Fsp3) is 0.362. The number of carbonyl (C=O) groups is 1. The Bertz CT molecular complexity index is 1970. The van der Waals surface area contributed by atoms with E-state index in [4.69, 9.17) is 5.73 Å². The second kappa shape index (κ2) is 29.2. The molecule has 0 aliphatic rings. The van der Waals surface area contributed by atoms with Crippen LogP contribution in [-0.4, -0.2) is 81.2 Å². The predicted molar refractivity (Wildman–Crippen MR) is 285 cm³/mol. The van der Waals surface area contributed by atoms with Crippen molar-refractivity contribution in [3.05, 3.63) is 215 Å². The van der Waals surface area contributed by atoms with E-state index in [0.717, 1.165) is 70.2 Å². The highest BCUT2D eigenvalue weighted by atomic mass is 32.2. The van der Waals surface area contributed by atoms with E-state index < -0.39 is 9.49 Å². The third-order valence-corrected chi connectivity index (χ3v) is 15.3. The lowest BCUT2D eigenvalue weighted by atomic mass is 9.84. The number of hydrogen-bond donors (Lipinski definition) is 4. The van der Waals surface area contributed by atoms with Crippen molar-refractivity contribution < 1.29 is 4.79 Å². The number of unbranched alkanes of at least 4 members (excludes halogenated alkanes) is 5. The lowest BCUT2D eigenvalue weighted by Crippen LogP contribution is -2.40. The molecule has 0 spiro atoms. The summed E-state index contributed by atoms with van der Waals surface area (Å²) in [6, 6.07) is 65.1. The minimum Gasteiger partial charge on any atom is -0.354 e. The molecule has 1 amide bonds. The Morgan fingerprint density at radius 2 is 0.742 bits per heavy atom. The van der Waals surface area contributed by atoms with Gasteiger partial charge in [0.05, 0.1) is 16.0 Å². The summed E-state index contributed by atoms with van der Waals surface area (Å²) < 4.78 is -0.814. The first-order valence-electron chi connectivity index (χ1n) is 24.4. The van der Waals surface area contributed by atoms with Gasteiger partial charge in [-0.05, 0) is 105 Å². The molecule has 0 heterocycles. The first kappa shape index (κ1) is 50.7. The third kappa shape index (κ3) is 15.2. The van der Waals surface area contributed by atoms with Crippen LogP contribution in [0.1, 0.15) is 84.7 Å². The highest BCUT2D eigenvalue weighted by Crippen LogP contribution is 2.49. The summed E-state index contributed by atoms with van der Waals surface area (Å²) >= 11 is 3.86. The molecule has 0 aliphatic carbocycles. The molecule has 0 fully saturated rings. The maximum Gasteiger partial charge on any atom is 0.234 e. The third-order valence-electron chi connectivity index (χ3n) is 12.3. The summed E-state index contributed by atoms with van der Waals surface area (Å²) in [5, 5.41) is 10.5. The van der Waals surface area contributed by atoms with Crippen molar-refractivity contribution >= 4 is 29.4 Å². The van der Waals surface area contributed by atoms with Crippen molar-refractivity contribution in [2.45, 2.75) is 60.9 Å². The van der Waals surface area contributed by atoms with Gasteiger partial charge < -0.3 is 21.7 Å². The van der Waals surface area contributed by atoms with Crippen LogP contribution >= 0.6 is 23.5 Å². The molecular weight excluding hydrogens is 847 g/mol. The van der Waals surface area contributed by atoms with Crippen LogP contribution in [0.4, 0.5) is 0 Å². The number of benzene rings is 6. The van der Waals surface area contributed by atoms with E-state index >= 15 is 0 Å². The SMILES string of the molecule is NCCCNCCCCNCCCCCCCN(CCSC(c1ccccc1)(c1ccccc1)c1ccccc1)CC(=O)NCCSC(c1ccccc1)(c1ccccc1)c1ccccc1. The fourth-order valence-corrected chi connectivity index (χ4v) is 11.9. The van der Waals surface area contributed by atoms with Gasteiger partial charge in [0.2, 0.25) is 5.91 Å². The Kier molecular flexibility index (Phi) is 22.4. The fourth-order valence-electron chi connectivity index (χ4n) is 8.88. The van der Waals surface area contributed by atoms with Crippen molar-refractivity contribution in [1.29, 1.82) is 0 Å². The molecule has 6 rings (SSSR count). The van der Waals surface area contributed by atoms with E-state index in [2.05, 4.69) is 203 Å². The van der Waals surface area contributed by atoms with Gasteiger partial charge in [-0.3, -0.25) is 9.69 Å². The summed E-state index contributed by atoms with van der Waals surface area (Å²) in [5.74, 6) is 1.71. The normalized spacial score (nSPS) is 11.8. The van der Waals surface area contributed by atoms with Gasteiger partial charge in [0.15, 0.2) is 0 Å². The van der Waals surface area contributed by atoms with Gasteiger partial charge in [-0.25, -0.2) is 0 Å². The number of carbonyl (C=O) groups excluding carboxylic acids is 1. The molecule has 0 radical (unpaired) electrons. The molecule has 0 bridgehead atoms. The van der Waals surface area contributed by atoms with Crippen LogP contribution in [0.25, 0.3) is 0 Å². The van der Waals surface area contributed by atoms with Crippen LogP contribution in [0.15, 0.2) is 182 Å². The Labute approximate surface area is 405 Å². The van der Waals surface area contributed by atoms with Gasteiger partial charge in [-0.15, -0.1) is 23.5 Å². The Morgan fingerprint density at radius 1 is 0.409 bits per heavy atom. The molecule has 6 nitrogen and oxygen atoms in total. The van der Waals surface area contributed by atoms with Crippen molar-refractivity contribution in [2.75, 3.05) is 70.4 Å². The molecule has 8 heteroatoms. The van der Waals surface area contributed by atoms with E-state index in [1.807, 2.05) is 23.5 Å². The van der Waals surface area contributed by atoms with Crippen molar-refractivity contribution in [3.8, 4) is 0 Å². The van der Waals surface area contributed by atoms with Crippen LogP contribution in [0.5, 0.6) is 0 Å². The van der Waals surface area contributed by atoms with Crippen LogP contribution in [-0.2, 0) is 14.3 Å². The maximum absolute atomic E-state index is 14.0. The molecule has 0 saturated carbocycles. The highest BCUT2D eigenvalue weighted by molar-refractivity contribution is 8.00. The summed E-state index contributed by atoms with van der Waals surface area (Å²) in [6.07, 6.45) is 9.34. The average molecular weight is 920 g/mol. The first-order valence-corrected chi connectivity index (χ1v) is 26.4. The molecule has 0 saturated heterocycles. The van der Waals surface area contributed by atoms with Gasteiger partial charge in [-0.1, -0.05) is 201 Å². The van der Waals surface area contributed by atoms with Crippen LogP contribution in [0, 0.1) is 0 Å². The summed E-state index contributed by atoms with van der Waals surface area (Å²) in [7, 11) is 0. The number of nitrogens with zero attached hydrogens (tertiary/aromatic N) is 1. The number of rotatable bonds is 32. The minimum atomic E-state index is -0.418. The van der Waals surface area contributed by atoms with Crippen molar-refractivity contribution in [3.63, 3.8) is 0 Å². The Hall–Kier alpha value is -4.67. The van der Waals surface area contributed by atoms with Crippen molar-refractivity contribution in [1.82, 2.24) is 20.9 Å². The highest BCUT2D eigenvalue weighted by Gasteiger charge is 2.38. The number of hydrogen-bond acceptors (Lipinski definition) is 7. The van der Waals surface area contributed by atoms with E-state index in [0.29, 0.717) is 13.1 Å². The molecule has 5 N–H and O–H groups in total. The molecule has 0 unspecified atom stereocenters. The number of amides is 1. The topological polar surface area (TPSA) is 82.4 Å². The molecule has 6 aromatic rings. The maximum atomic E-state index is 14.0. The smallest absolute Gasteiger partial charge is 0.234 e. The number of thioether (sulfide) groups is 2.